The molecule has 6 heteroatoms. The molecule has 0 amide bonds. The molecule has 1 aromatic carbocycles. The molecule has 0 bridgehead atoms. The number of nitrogens with zero attached hydrogens (tertiary/aromatic N) is 3. The molecule has 1 saturated heterocycles. The molecular weight excluding hydrogens is 364 g/mol. The SMILES string of the molecule is COc1cc(C)ccc1CN1CCCCC1c1cc(=O)[nH]c(-c2ccncc2)n1. The molecule has 1 aliphatic heterocycles. The second kappa shape index (κ2) is 8.57. The van der Waals surface area contributed by atoms with Gasteiger partial charge in [-0.05, 0) is 50.1 Å². The highest BCUT2D eigenvalue weighted by atomic mass is 16.5. The molecule has 29 heavy (non-hydrogen) atoms. The molecule has 0 saturated carbocycles. The van der Waals surface area contributed by atoms with E-state index in [2.05, 4.69) is 40.0 Å². The van der Waals surface area contributed by atoms with Gasteiger partial charge in [0.15, 0.2) is 0 Å². The zero-order chi connectivity index (χ0) is 20.2. The lowest BCUT2D eigenvalue weighted by molar-refractivity contribution is 0.136. The van der Waals surface area contributed by atoms with Gasteiger partial charge in [-0.2, -0.15) is 0 Å². The Bertz CT molecular complexity index is 1030. The molecule has 2 aromatic heterocycles. The van der Waals surface area contributed by atoms with Crippen LogP contribution in [0.25, 0.3) is 11.4 Å². The predicted molar refractivity (Wildman–Crippen MR) is 113 cm³/mol. The first-order valence-electron chi connectivity index (χ1n) is 10.0. The second-order valence-electron chi connectivity index (χ2n) is 7.55. The topological polar surface area (TPSA) is 71.1 Å². The quantitative estimate of drug-likeness (QED) is 0.716. The van der Waals surface area contributed by atoms with E-state index in [1.54, 1.807) is 25.6 Å². The van der Waals surface area contributed by atoms with Crippen LogP contribution >= 0.6 is 0 Å². The van der Waals surface area contributed by atoms with E-state index in [4.69, 9.17) is 9.72 Å². The van der Waals surface area contributed by atoms with E-state index in [1.807, 2.05) is 12.1 Å². The summed E-state index contributed by atoms with van der Waals surface area (Å²) in [6, 6.07) is 11.8. The number of ether oxygens (including phenoxy) is 1. The van der Waals surface area contributed by atoms with Crippen LogP contribution in [0, 0.1) is 6.92 Å². The summed E-state index contributed by atoms with van der Waals surface area (Å²) < 4.78 is 5.60. The van der Waals surface area contributed by atoms with Crippen molar-refractivity contribution in [2.24, 2.45) is 0 Å². The van der Waals surface area contributed by atoms with Gasteiger partial charge in [0, 0.05) is 36.1 Å². The molecule has 3 aromatic rings. The van der Waals surface area contributed by atoms with E-state index in [0.29, 0.717) is 5.82 Å². The minimum atomic E-state index is -0.125. The van der Waals surface area contributed by atoms with Crippen molar-refractivity contribution in [3.05, 3.63) is 76.0 Å². The van der Waals surface area contributed by atoms with Gasteiger partial charge in [0.2, 0.25) is 0 Å². The van der Waals surface area contributed by atoms with E-state index in [-0.39, 0.29) is 11.6 Å². The van der Waals surface area contributed by atoms with E-state index < -0.39 is 0 Å². The van der Waals surface area contributed by atoms with Crippen molar-refractivity contribution >= 4 is 0 Å². The maximum Gasteiger partial charge on any atom is 0.251 e. The number of H-pyrrole nitrogens is 1. The maximum atomic E-state index is 12.4. The molecule has 1 aliphatic rings. The van der Waals surface area contributed by atoms with Crippen LogP contribution < -0.4 is 10.3 Å². The molecule has 3 heterocycles. The largest absolute Gasteiger partial charge is 0.496 e. The number of hydrogen-bond donors (Lipinski definition) is 1. The Morgan fingerprint density at radius 3 is 2.79 bits per heavy atom. The average molecular weight is 390 g/mol. The summed E-state index contributed by atoms with van der Waals surface area (Å²) in [6.45, 7) is 3.81. The van der Waals surface area contributed by atoms with Gasteiger partial charge >= 0.3 is 0 Å². The number of aromatic nitrogens is 3. The smallest absolute Gasteiger partial charge is 0.251 e. The Morgan fingerprint density at radius 2 is 2.00 bits per heavy atom. The highest BCUT2D eigenvalue weighted by molar-refractivity contribution is 5.53. The summed E-state index contributed by atoms with van der Waals surface area (Å²) in [5.41, 5.74) is 3.90. The van der Waals surface area contributed by atoms with Crippen molar-refractivity contribution in [1.82, 2.24) is 19.9 Å². The molecular formula is C23H26N4O2. The first-order chi connectivity index (χ1) is 14.1. The first-order valence-corrected chi connectivity index (χ1v) is 10.0. The minimum absolute atomic E-state index is 0.109. The van der Waals surface area contributed by atoms with Crippen molar-refractivity contribution in [1.29, 1.82) is 0 Å². The van der Waals surface area contributed by atoms with Crippen molar-refractivity contribution < 1.29 is 4.74 Å². The monoisotopic (exact) mass is 390 g/mol. The van der Waals surface area contributed by atoms with Crippen LogP contribution in [-0.2, 0) is 6.54 Å². The van der Waals surface area contributed by atoms with Crippen molar-refractivity contribution in [2.45, 2.75) is 38.8 Å². The molecule has 1 fully saturated rings. The van der Waals surface area contributed by atoms with Crippen molar-refractivity contribution in [2.75, 3.05) is 13.7 Å². The summed E-state index contributed by atoms with van der Waals surface area (Å²) in [4.78, 5) is 26.5. The van der Waals surface area contributed by atoms with Gasteiger partial charge in [-0.25, -0.2) is 4.98 Å². The average Bonchev–Trinajstić information content (AvgIpc) is 2.75. The highest BCUT2D eigenvalue weighted by Gasteiger charge is 2.26. The van der Waals surface area contributed by atoms with Crippen LogP contribution in [0.1, 0.15) is 42.1 Å². The summed E-state index contributed by atoms with van der Waals surface area (Å²) in [6.07, 6.45) is 6.67. The first kappa shape index (κ1) is 19.3. The molecule has 1 atom stereocenters. The Morgan fingerprint density at radius 1 is 1.17 bits per heavy atom. The van der Waals surface area contributed by atoms with Gasteiger partial charge in [-0.3, -0.25) is 14.7 Å². The number of pyridine rings is 1. The molecule has 6 nitrogen and oxygen atoms in total. The summed E-state index contributed by atoms with van der Waals surface area (Å²) in [5, 5.41) is 0. The number of rotatable bonds is 5. The zero-order valence-electron chi connectivity index (χ0n) is 16.9. The van der Waals surface area contributed by atoms with Gasteiger partial charge in [-0.1, -0.05) is 18.6 Å². The maximum absolute atomic E-state index is 12.4. The van der Waals surface area contributed by atoms with E-state index in [9.17, 15) is 4.79 Å². The third-order valence-corrected chi connectivity index (χ3v) is 5.49. The fourth-order valence-corrected chi connectivity index (χ4v) is 4.01. The Labute approximate surface area is 170 Å². The van der Waals surface area contributed by atoms with Crippen LogP contribution in [-0.4, -0.2) is 33.5 Å². The number of hydrogen-bond acceptors (Lipinski definition) is 5. The van der Waals surface area contributed by atoms with Crippen molar-refractivity contribution in [3.63, 3.8) is 0 Å². The van der Waals surface area contributed by atoms with Crippen molar-refractivity contribution in [3.8, 4) is 17.1 Å². The lowest BCUT2D eigenvalue weighted by Gasteiger charge is -2.35. The van der Waals surface area contributed by atoms with Crippen LogP contribution in [0.5, 0.6) is 5.75 Å². The summed E-state index contributed by atoms with van der Waals surface area (Å²) >= 11 is 0. The predicted octanol–water partition coefficient (Wildman–Crippen LogP) is 3.88. The molecule has 1 N–H and O–H groups in total. The molecule has 0 radical (unpaired) electrons. The zero-order valence-corrected chi connectivity index (χ0v) is 16.9. The lowest BCUT2D eigenvalue weighted by atomic mass is 9.97. The lowest BCUT2D eigenvalue weighted by Crippen LogP contribution is -2.34. The molecule has 0 aliphatic carbocycles. The normalized spacial score (nSPS) is 17.2. The molecule has 150 valence electrons. The van der Waals surface area contributed by atoms with E-state index in [0.717, 1.165) is 54.9 Å². The van der Waals surface area contributed by atoms with Gasteiger partial charge in [0.1, 0.15) is 11.6 Å². The van der Waals surface area contributed by atoms with Crippen LogP contribution in [0.2, 0.25) is 0 Å². The van der Waals surface area contributed by atoms with Gasteiger partial charge in [-0.15, -0.1) is 0 Å². The summed E-state index contributed by atoms with van der Waals surface area (Å²) in [7, 11) is 1.71. The standard InChI is InChI=1S/C23H26N4O2/c1-16-6-7-18(21(13-16)29-2)15-27-12-4-3-5-20(27)19-14-22(28)26-23(25-19)17-8-10-24-11-9-17/h6-11,13-14,20H,3-5,12,15H2,1-2H3,(H,25,26,28). The Balaban J connectivity index is 1.66. The Kier molecular flexibility index (Phi) is 5.71. The van der Waals surface area contributed by atoms with Gasteiger partial charge in [0.05, 0.1) is 18.8 Å². The van der Waals surface area contributed by atoms with Gasteiger partial charge in [0.25, 0.3) is 5.56 Å². The van der Waals surface area contributed by atoms with Crippen LogP contribution in [0.3, 0.4) is 0 Å². The second-order valence-corrected chi connectivity index (χ2v) is 7.55. The Hall–Kier alpha value is -2.99. The number of likely N-dealkylation sites (tertiary alicyclic amines) is 1. The van der Waals surface area contributed by atoms with E-state index >= 15 is 0 Å². The minimum Gasteiger partial charge on any atom is -0.496 e. The fourth-order valence-electron chi connectivity index (χ4n) is 4.01. The summed E-state index contributed by atoms with van der Waals surface area (Å²) in [5.74, 6) is 1.50. The van der Waals surface area contributed by atoms with E-state index in [1.165, 1.54) is 5.56 Å². The fraction of sp³-hybridized carbons (Fsp3) is 0.348. The molecule has 0 spiro atoms. The number of methoxy groups -OCH3 is 1. The molecule has 4 rings (SSSR count). The van der Waals surface area contributed by atoms with Gasteiger partial charge < -0.3 is 9.72 Å². The number of piperidine rings is 1. The number of nitrogens with one attached hydrogen (secondary N) is 1. The highest BCUT2D eigenvalue weighted by Crippen LogP contribution is 2.33. The number of benzene rings is 1. The van der Waals surface area contributed by atoms with Crippen LogP contribution in [0.4, 0.5) is 0 Å². The number of aryl methyl sites for hydroxylation is 1. The molecule has 1 unspecified atom stereocenters. The third-order valence-electron chi connectivity index (χ3n) is 5.49. The van der Waals surface area contributed by atoms with Crippen LogP contribution in [0.15, 0.2) is 53.6 Å². The third kappa shape index (κ3) is 4.38. The number of aromatic amines is 1.